The van der Waals surface area contributed by atoms with Gasteiger partial charge >= 0.3 is 0 Å². The second kappa shape index (κ2) is 6.39. The maximum absolute atomic E-state index is 12.1. The number of rotatable bonds is 4. The molecule has 1 N–H and O–H groups in total. The van der Waals surface area contributed by atoms with Crippen LogP contribution in [0.4, 0.5) is 0 Å². The summed E-state index contributed by atoms with van der Waals surface area (Å²) in [5.41, 5.74) is 2.57. The number of hydrogen-bond acceptors (Lipinski definition) is 5. The fourth-order valence-corrected chi connectivity index (χ4v) is 2.08. The first-order valence-corrected chi connectivity index (χ1v) is 7.25. The van der Waals surface area contributed by atoms with Gasteiger partial charge in [0.25, 0.3) is 5.91 Å². The Bertz CT molecular complexity index is 797. The third-order valence-electron chi connectivity index (χ3n) is 3.41. The number of aromatic nitrogens is 3. The van der Waals surface area contributed by atoms with Gasteiger partial charge < -0.3 is 9.84 Å². The van der Waals surface area contributed by atoms with Gasteiger partial charge in [-0.15, -0.1) is 0 Å². The highest BCUT2D eigenvalue weighted by Crippen LogP contribution is 2.19. The highest BCUT2D eigenvalue weighted by atomic mass is 16.5. The van der Waals surface area contributed by atoms with Crippen molar-refractivity contribution in [3.05, 3.63) is 65.8 Å². The van der Waals surface area contributed by atoms with Crippen LogP contribution in [0.3, 0.4) is 0 Å². The topological polar surface area (TPSA) is 80.9 Å². The molecule has 3 rings (SSSR count). The number of hydrogen-bond donors (Lipinski definition) is 1. The van der Waals surface area contributed by atoms with Gasteiger partial charge in [-0.1, -0.05) is 35.0 Å². The molecule has 116 valence electrons. The number of carbonyl (C=O) groups excluding carboxylic acids is 1. The van der Waals surface area contributed by atoms with Gasteiger partial charge in [-0.05, 0) is 26.0 Å². The number of pyridine rings is 1. The molecule has 0 saturated heterocycles. The number of amides is 1. The van der Waals surface area contributed by atoms with E-state index in [0.29, 0.717) is 17.3 Å². The Hall–Kier alpha value is -3.02. The molecular formula is C17H16N4O2. The van der Waals surface area contributed by atoms with Crippen LogP contribution in [0.5, 0.6) is 0 Å². The molecule has 0 radical (unpaired) electrons. The maximum atomic E-state index is 12.1. The molecule has 0 aliphatic carbocycles. The van der Waals surface area contributed by atoms with E-state index >= 15 is 0 Å². The molecule has 0 aliphatic heterocycles. The molecule has 1 aromatic carbocycles. The van der Waals surface area contributed by atoms with Gasteiger partial charge in [-0.2, -0.15) is 4.98 Å². The van der Waals surface area contributed by atoms with Crippen molar-refractivity contribution in [3.63, 3.8) is 0 Å². The monoisotopic (exact) mass is 308 g/mol. The van der Waals surface area contributed by atoms with Crippen LogP contribution in [-0.4, -0.2) is 21.0 Å². The smallest absolute Gasteiger partial charge is 0.252 e. The van der Waals surface area contributed by atoms with Crippen LogP contribution in [0.15, 0.2) is 53.3 Å². The van der Waals surface area contributed by atoms with Crippen molar-refractivity contribution < 1.29 is 9.32 Å². The van der Waals surface area contributed by atoms with E-state index in [2.05, 4.69) is 20.4 Å². The van der Waals surface area contributed by atoms with Crippen molar-refractivity contribution in [2.45, 2.75) is 19.9 Å². The Morgan fingerprint density at radius 2 is 1.83 bits per heavy atom. The molecule has 0 spiro atoms. The minimum atomic E-state index is -0.387. The summed E-state index contributed by atoms with van der Waals surface area (Å²) in [6, 6.07) is 10.7. The molecular weight excluding hydrogens is 292 g/mol. The van der Waals surface area contributed by atoms with E-state index in [0.717, 1.165) is 11.1 Å². The van der Waals surface area contributed by atoms with Gasteiger partial charge in [0, 0.05) is 23.5 Å². The minimum absolute atomic E-state index is 0.213. The Morgan fingerprint density at radius 3 is 2.52 bits per heavy atom. The molecule has 0 bridgehead atoms. The average Bonchev–Trinajstić information content (AvgIpc) is 3.06. The summed E-state index contributed by atoms with van der Waals surface area (Å²) in [5.74, 6) is 0.656. The van der Waals surface area contributed by atoms with Crippen molar-refractivity contribution in [2.24, 2.45) is 0 Å². The quantitative estimate of drug-likeness (QED) is 0.801. The molecule has 0 saturated carbocycles. The zero-order valence-electron chi connectivity index (χ0n) is 12.9. The first-order valence-electron chi connectivity index (χ1n) is 7.25. The van der Waals surface area contributed by atoms with Crippen molar-refractivity contribution >= 4 is 5.91 Å². The number of benzene rings is 1. The molecule has 3 aromatic rings. The highest BCUT2D eigenvalue weighted by molar-refractivity contribution is 5.94. The Balaban J connectivity index is 1.72. The predicted octanol–water partition coefficient (Wildman–Crippen LogP) is 2.93. The van der Waals surface area contributed by atoms with Crippen LogP contribution < -0.4 is 5.32 Å². The summed E-state index contributed by atoms with van der Waals surface area (Å²) in [5, 5.41) is 6.79. The zero-order valence-corrected chi connectivity index (χ0v) is 12.9. The summed E-state index contributed by atoms with van der Waals surface area (Å²) < 4.78 is 5.26. The number of nitrogens with zero attached hydrogens (tertiary/aromatic N) is 3. The summed E-state index contributed by atoms with van der Waals surface area (Å²) in [4.78, 5) is 20.4. The van der Waals surface area contributed by atoms with Crippen molar-refractivity contribution in [1.82, 2.24) is 20.4 Å². The van der Waals surface area contributed by atoms with Crippen LogP contribution in [0, 0.1) is 6.92 Å². The van der Waals surface area contributed by atoms with Crippen molar-refractivity contribution in [3.8, 4) is 11.4 Å². The van der Waals surface area contributed by atoms with E-state index in [1.165, 1.54) is 0 Å². The van der Waals surface area contributed by atoms with E-state index in [1.807, 2.05) is 31.2 Å². The summed E-state index contributed by atoms with van der Waals surface area (Å²) >= 11 is 0. The van der Waals surface area contributed by atoms with Crippen molar-refractivity contribution in [2.75, 3.05) is 0 Å². The van der Waals surface area contributed by atoms with E-state index < -0.39 is 0 Å². The minimum Gasteiger partial charge on any atom is -0.341 e. The SMILES string of the molecule is Cc1ccc(-c2noc([C@H](C)NC(=O)c3ccncc3)n2)cc1. The lowest BCUT2D eigenvalue weighted by Gasteiger charge is -2.09. The molecule has 2 aromatic heterocycles. The zero-order chi connectivity index (χ0) is 16.2. The number of aryl methyl sites for hydroxylation is 1. The van der Waals surface area contributed by atoms with E-state index in [4.69, 9.17) is 4.52 Å². The highest BCUT2D eigenvalue weighted by Gasteiger charge is 2.18. The van der Waals surface area contributed by atoms with Gasteiger partial charge in [0.15, 0.2) is 0 Å². The first kappa shape index (κ1) is 14.9. The predicted molar refractivity (Wildman–Crippen MR) is 84.6 cm³/mol. The Kier molecular flexibility index (Phi) is 4.14. The van der Waals surface area contributed by atoms with E-state index in [1.54, 1.807) is 31.5 Å². The molecule has 6 heteroatoms. The lowest BCUT2D eigenvalue weighted by Crippen LogP contribution is -2.26. The van der Waals surface area contributed by atoms with Crippen LogP contribution in [0.25, 0.3) is 11.4 Å². The Morgan fingerprint density at radius 1 is 1.13 bits per heavy atom. The van der Waals surface area contributed by atoms with Gasteiger partial charge in [-0.25, -0.2) is 0 Å². The fraction of sp³-hybridized carbons (Fsp3) is 0.176. The van der Waals surface area contributed by atoms with Crippen LogP contribution in [0.1, 0.15) is 34.8 Å². The van der Waals surface area contributed by atoms with Crippen LogP contribution >= 0.6 is 0 Å². The molecule has 6 nitrogen and oxygen atoms in total. The molecule has 2 heterocycles. The van der Waals surface area contributed by atoms with Gasteiger partial charge in [0.05, 0.1) is 0 Å². The lowest BCUT2D eigenvalue weighted by molar-refractivity contribution is 0.0932. The third-order valence-corrected chi connectivity index (χ3v) is 3.41. The van der Waals surface area contributed by atoms with Gasteiger partial charge in [-0.3, -0.25) is 9.78 Å². The van der Waals surface area contributed by atoms with Gasteiger partial charge in [0.2, 0.25) is 11.7 Å². The van der Waals surface area contributed by atoms with Crippen LogP contribution in [0.2, 0.25) is 0 Å². The van der Waals surface area contributed by atoms with E-state index in [-0.39, 0.29) is 11.9 Å². The summed E-state index contributed by atoms with van der Waals surface area (Å²) in [7, 11) is 0. The second-order valence-corrected chi connectivity index (χ2v) is 5.25. The first-order chi connectivity index (χ1) is 11.1. The normalized spacial score (nSPS) is 11.9. The number of nitrogens with one attached hydrogen (secondary N) is 1. The average molecular weight is 308 g/mol. The third kappa shape index (κ3) is 3.42. The fourth-order valence-electron chi connectivity index (χ4n) is 2.08. The Labute approximate surface area is 133 Å². The molecule has 0 aliphatic rings. The van der Waals surface area contributed by atoms with E-state index in [9.17, 15) is 4.79 Å². The maximum Gasteiger partial charge on any atom is 0.252 e. The molecule has 1 atom stereocenters. The number of carbonyl (C=O) groups is 1. The summed E-state index contributed by atoms with van der Waals surface area (Å²) in [6.07, 6.45) is 3.14. The van der Waals surface area contributed by atoms with Crippen LogP contribution in [-0.2, 0) is 0 Å². The molecule has 23 heavy (non-hydrogen) atoms. The second-order valence-electron chi connectivity index (χ2n) is 5.25. The molecule has 0 fully saturated rings. The van der Waals surface area contributed by atoms with Gasteiger partial charge in [0.1, 0.15) is 6.04 Å². The molecule has 1 amide bonds. The largest absolute Gasteiger partial charge is 0.341 e. The standard InChI is InChI=1S/C17H16N4O2/c1-11-3-5-13(6-4-11)15-20-17(23-21-15)12(2)19-16(22)14-7-9-18-10-8-14/h3-10,12H,1-2H3,(H,19,22)/t12-/m0/s1. The van der Waals surface area contributed by atoms with Crippen molar-refractivity contribution in [1.29, 1.82) is 0 Å². The lowest BCUT2D eigenvalue weighted by atomic mass is 10.1. The summed E-state index contributed by atoms with van der Waals surface area (Å²) in [6.45, 7) is 3.81. The molecule has 0 unspecified atom stereocenters.